The highest BCUT2D eigenvalue weighted by Gasteiger charge is 2.27. The molecule has 2 aliphatic rings. The van der Waals surface area contributed by atoms with E-state index in [-0.39, 0.29) is 12.0 Å². The van der Waals surface area contributed by atoms with Gasteiger partial charge >= 0.3 is 0 Å². The standard InChI is InChI=1S/C30H42N2O2/c1-3-27(4-2)30(33)32-20-16-29(17-21-32)34-28-12-10-26(11-13-28)23-31-18-14-25(15-19-31)22-24-8-6-5-7-9-24/h5-13,25,27,29H,3-4,14-23H2,1-2H3. The third-order valence-corrected chi connectivity index (χ3v) is 7.80. The highest BCUT2D eigenvalue weighted by molar-refractivity contribution is 5.78. The quantitative estimate of drug-likeness (QED) is 0.462. The maximum Gasteiger partial charge on any atom is 0.225 e. The Morgan fingerprint density at radius 2 is 1.50 bits per heavy atom. The second kappa shape index (κ2) is 12.4. The first-order valence-corrected chi connectivity index (χ1v) is 13.4. The van der Waals surface area contributed by atoms with Crippen molar-refractivity contribution in [1.82, 2.24) is 9.80 Å². The summed E-state index contributed by atoms with van der Waals surface area (Å²) in [5.74, 6) is 2.28. The maximum absolute atomic E-state index is 12.6. The van der Waals surface area contributed by atoms with E-state index in [2.05, 4.69) is 73.3 Å². The van der Waals surface area contributed by atoms with Crippen LogP contribution in [0.2, 0.25) is 0 Å². The van der Waals surface area contributed by atoms with Gasteiger partial charge in [0.15, 0.2) is 0 Å². The molecule has 2 heterocycles. The predicted octanol–water partition coefficient (Wildman–Crippen LogP) is 5.95. The third-order valence-electron chi connectivity index (χ3n) is 7.80. The van der Waals surface area contributed by atoms with Crippen LogP contribution in [-0.4, -0.2) is 48.0 Å². The molecule has 4 heteroatoms. The van der Waals surface area contributed by atoms with Crippen LogP contribution in [0.15, 0.2) is 54.6 Å². The van der Waals surface area contributed by atoms with Gasteiger partial charge in [0.2, 0.25) is 5.91 Å². The van der Waals surface area contributed by atoms with Crippen LogP contribution in [-0.2, 0) is 17.8 Å². The lowest BCUT2D eigenvalue weighted by Gasteiger charge is -2.34. The maximum atomic E-state index is 12.6. The molecule has 2 saturated heterocycles. The molecular weight excluding hydrogens is 420 g/mol. The van der Waals surface area contributed by atoms with Crippen molar-refractivity contribution in [2.75, 3.05) is 26.2 Å². The van der Waals surface area contributed by atoms with Gasteiger partial charge < -0.3 is 9.64 Å². The minimum absolute atomic E-state index is 0.180. The van der Waals surface area contributed by atoms with Crippen molar-refractivity contribution in [3.63, 3.8) is 0 Å². The monoisotopic (exact) mass is 462 g/mol. The topological polar surface area (TPSA) is 32.8 Å². The zero-order chi connectivity index (χ0) is 23.8. The number of hydrogen-bond donors (Lipinski definition) is 0. The fourth-order valence-electron chi connectivity index (χ4n) is 5.51. The summed E-state index contributed by atoms with van der Waals surface area (Å²) in [7, 11) is 0. The first kappa shape index (κ1) is 24.8. The molecule has 0 aromatic heterocycles. The van der Waals surface area contributed by atoms with E-state index in [0.29, 0.717) is 5.91 Å². The van der Waals surface area contributed by atoms with Crippen molar-refractivity contribution in [2.24, 2.45) is 11.8 Å². The van der Waals surface area contributed by atoms with Crippen LogP contribution < -0.4 is 4.74 Å². The molecule has 4 nitrogen and oxygen atoms in total. The number of ether oxygens (including phenoxy) is 1. The van der Waals surface area contributed by atoms with E-state index in [1.807, 2.05) is 4.90 Å². The zero-order valence-electron chi connectivity index (χ0n) is 21.1. The smallest absolute Gasteiger partial charge is 0.225 e. The normalized spacial score (nSPS) is 18.4. The molecule has 0 radical (unpaired) electrons. The minimum Gasteiger partial charge on any atom is -0.490 e. The van der Waals surface area contributed by atoms with Crippen molar-refractivity contribution in [1.29, 1.82) is 0 Å². The van der Waals surface area contributed by atoms with Gasteiger partial charge in [0.1, 0.15) is 11.9 Å². The van der Waals surface area contributed by atoms with E-state index in [1.54, 1.807) is 0 Å². The van der Waals surface area contributed by atoms with Crippen LogP contribution in [0.1, 0.15) is 63.5 Å². The van der Waals surface area contributed by atoms with Gasteiger partial charge in [-0.1, -0.05) is 56.3 Å². The van der Waals surface area contributed by atoms with Gasteiger partial charge in [-0.25, -0.2) is 0 Å². The Bertz CT molecular complexity index is 862. The lowest BCUT2D eigenvalue weighted by molar-refractivity contribution is -0.137. The SMILES string of the molecule is CCC(CC)C(=O)N1CCC(Oc2ccc(CN3CCC(Cc4ccccc4)CC3)cc2)CC1. The average Bonchev–Trinajstić information content (AvgIpc) is 2.88. The highest BCUT2D eigenvalue weighted by Crippen LogP contribution is 2.25. The summed E-state index contributed by atoms with van der Waals surface area (Å²) in [6, 6.07) is 19.6. The van der Waals surface area contributed by atoms with Crippen molar-refractivity contribution >= 4 is 5.91 Å². The number of likely N-dealkylation sites (tertiary alicyclic amines) is 2. The molecule has 2 fully saturated rings. The van der Waals surface area contributed by atoms with Crippen LogP contribution in [0.25, 0.3) is 0 Å². The number of piperidine rings is 2. The van der Waals surface area contributed by atoms with E-state index < -0.39 is 0 Å². The summed E-state index contributed by atoms with van der Waals surface area (Å²) in [5.41, 5.74) is 2.83. The van der Waals surface area contributed by atoms with Crippen LogP contribution >= 0.6 is 0 Å². The Labute approximate surface area is 206 Å². The van der Waals surface area contributed by atoms with Crippen LogP contribution in [0.5, 0.6) is 5.75 Å². The number of nitrogens with zero attached hydrogens (tertiary/aromatic N) is 2. The Hall–Kier alpha value is -2.33. The van der Waals surface area contributed by atoms with E-state index in [1.165, 1.54) is 43.5 Å². The number of benzene rings is 2. The molecule has 4 rings (SSSR count). The molecule has 2 aromatic rings. The molecule has 184 valence electrons. The summed E-state index contributed by atoms with van der Waals surface area (Å²) in [6.07, 6.45) is 7.71. The van der Waals surface area contributed by atoms with E-state index in [0.717, 1.165) is 57.0 Å². The Morgan fingerprint density at radius 3 is 2.12 bits per heavy atom. The van der Waals surface area contributed by atoms with E-state index in [4.69, 9.17) is 4.74 Å². The van der Waals surface area contributed by atoms with Crippen molar-refractivity contribution in [2.45, 2.75) is 71.4 Å². The van der Waals surface area contributed by atoms with Gasteiger partial charge in [-0.2, -0.15) is 0 Å². The molecule has 0 unspecified atom stereocenters. The van der Waals surface area contributed by atoms with Crippen molar-refractivity contribution in [3.05, 3.63) is 65.7 Å². The summed E-state index contributed by atoms with van der Waals surface area (Å²) in [5, 5.41) is 0. The van der Waals surface area contributed by atoms with Crippen LogP contribution in [0.3, 0.4) is 0 Å². The molecule has 2 aliphatic heterocycles. The first-order valence-electron chi connectivity index (χ1n) is 13.4. The predicted molar refractivity (Wildman–Crippen MR) is 139 cm³/mol. The van der Waals surface area contributed by atoms with Gasteiger partial charge in [0.05, 0.1) is 0 Å². The molecule has 0 bridgehead atoms. The lowest BCUT2D eigenvalue weighted by atomic mass is 9.90. The molecule has 0 N–H and O–H groups in total. The number of carbonyl (C=O) groups excluding carboxylic acids is 1. The molecule has 1 amide bonds. The molecule has 0 aliphatic carbocycles. The van der Waals surface area contributed by atoms with Gasteiger partial charge in [-0.15, -0.1) is 0 Å². The van der Waals surface area contributed by atoms with Gasteiger partial charge in [0.25, 0.3) is 0 Å². The second-order valence-electron chi connectivity index (χ2n) is 10.2. The summed E-state index contributed by atoms with van der Waals surface area (Å²) < 4.78 is 6.26. The lowest BCUT2D eigenvalue weighted by Crippen LogP contribution is -2.44. The van der Waals surface area contributed by atoms with Gasteiger partial charge in [0, 0.05) is 38.4 Å². The summed E-state index contributed by atoms with van der Waals surface area (Å²) in [4.78, 5) is 17.2. The number of rotatable bonds is 9. The Balaban J connectivity index is 1.18. The summed E-state index contributed by atoms with van der Waals surface area (Å²) >= 11 is 0. The van der Waals surface area contributed by atoms with Crippen LogP contribution in [0, 0.1) is 11.8 Å². The molecular formula is C30H42N2O2. The molecule has 0 atom stereocenters. The van der Waals surface area contributed by atoms with Gasteiger partial charge in [-0.3, -0.25) is 9.69 Å². The Kier molecular flexibility index (Phi) is 9.04. The van der Waals surface area contributed by atoms with E-state index in [9.17, 15) is 4.79 Å². The highest BCUT2D eigenvalue weighted by atomic mass is 16.5. The number of amides is 1. The van der Waals surface area contributed by atoms with Crippen molar-refractivity contribution < 1.29 is 9.53 Å². The average molecular weight is 463 g/mol. The van der Waals surface area contributed by atoms with Crippen molar-refractivity contribution in [3.8, 4) is 5.75 Å². The number of carbonyl (C=O) groups is 1. The molecule has 0 spiro atoms. The summed E-state index contributed by atoms with van der Waals surface area (Å²) in [6.45, 7) is 9.25. The minimum atomic E-state index is 0.180. The molecule has 2 aromatic carbocycles. The van der Waals surface area contributed by atoms with E-state index >= 15 is 0 Å². The Morgan fingerprint density at radius 1 is 0.853 bits per heavy atom. The third kappa shape index (κ3) is 6.85. The largest absolute Gasteiger partial charge is 0.490 e. The fourth-order valence-corrected chi connectivity index (χ4v) is 5.51. The fraction of sp³-hybridized carbons (Fsp3) is 0.567. The second-order valence-corrected chi connectivity index (χ2v) is 10.2. The van der Waals surface area contributed by atoms with Gasteiger partial charge in [-0.05, 0) is 74.4 Å². The molecule has 34 heavy (non-hydrogen) atoms. The van der Waals surface area contributed by atoms with Crippen LogP contribution in [0.4, 0.5) is 0 Å². The first-order chi connectivity index (χ1) is 16.6. The molecule has 0 saturated carbocycles. The number of hydrogen-bond acceptors (Lipinski definition) is 3. The zero-order valence-corrected chi connectivity index (χ0v) is 21.1.